The summed E-state index contributed by atoms with van der Waals surface area (Å²) in [6.07, 6.45) is 0. The molecule has 0 aliphatic rings. The van der Waals surface area contributed by atoms with E-state index in [1.165, 1.54) is 7.11 Å². The van der Waals surface area contributed by atoms with E-state index in [0.29, 0.717) is 26.9 Å². The van der Waals surface area contributed by atoms with Crippen LogP contribution < -0.4 is 11.5 Å². The number of aryl methyl sites for hydroxylation is 1. The Kier molecular flexibility index (Phi) is 4.39. The van der Waals surface area contributed by atoms with Gasteiger partial charge in [-0.25, -0.2) is 9.78 Å². The normalized spacial score (nSPS) is 10.7. The fourth-order valence-corrected chi connectivity index (χ4v) is 4.07. The molecule has 2 aromatic heterocycles. The number of pyridine rings is 1. The average Bonchev–Trinajstić information content (AvgIpc) is 2.94. The Morgan fingerprint density at radius 1 is 1.42 bits per heavy atom. The van der Waals surface area contributed by atoms with Crippen molar-refractivity contribution in [3.05, 3.63) is 28.1 Å². The molecule has 132 valence electrons. The predicted molar refractivity (Wildman–Crippen MR) is 104 cm³/mol. The highest BCUT2D eigenvalue weighted by Crippen LogP contribution is 2.46. The van der Waals surface area contributed by atoms with E-state index < -0.39 is 5.97 Å². The van der Waals surface area contributed by atoms with E-state index in [1.807, 2.05) is 6.07 Å². The molecule has 9 heteroatoms. The number of phenols is 1. The monoisotopic (exact) mass is 386 g/mol. The molecule has 0 atom stereocenters. The van der Waals surface area contributed by atoms with Gasteiger partial charge in [-0.1, -0.05) is 12.1 Å². The van der Waals surface area contributed by atoms with Gasteiger partial charge in [0.05, 0.1) is 17.7 Å². The second-order valence-corrected chi connectivity index (χ2v) is 6.95. The van der Waals surface area contributed by atoms with Gasteiger partial charge in [0.15, 0.2) is 0 Å². The van der Waals surface area contributed by atoms with Crippen molar-refractivity contribution < 1.29 is 14.6 Å². The number of phenolic OH excluding ortho intramolecular Hbond substituents is 1. The first-order valence-electron chi connectivity index (χ1n) is 7.33. The number of anilines is 2. The number of carbonyl (C=O) groups excluding carboxylic acids is 1. The molecule has 0 spiro atoms. The molecule has 26 heavy (non-hydrogen) atoms. The molecule has 0 fully saturated rings. The van der Waals surface area contributed by atoms with Crippen LogP contribution in [-0.2, 0) is 4.74 Å². The van der Waals surface area contributed by atoms with Crippen LogP contribution in [0.5, 0.6) is 5.75 Å². The van der Waals surface area contributed by atoms with Gasteiger partial charge in [-0.2, -0.15) is 5.26 Å². The maximum Gasteiger partial charge on any atom is 0.350 e. The molecule has 7 nitrogen and oxygen atoms in total. The Hall–Kier alpha value is -2.96. The van der Waals surface area contributed by atoms with Crippen LogP contribution in [0.3, 0.4) is 0 Å². The molecule has 3 rings (SSSR count). The molecule has 0 unspecified atom stereocenters. The van der Waals surface area contributed by atoms with Gasteiger partial charge in [-0.3, -0.25) is 0 Å². The Morgan fingerprint density at radius 3 is 2.73 bits per heavy atom. The number of thiophene rings is 1. The quantitative estimate of drug-likeness (QED) is 0.392. The van der Waals surface area contributed by atoms with Crippen LogP contribution in [0.4, 0.5) is 11.5 Å². The minimum atomic E-state index is -0.605. The molecule has 2 heterocycles. The van der Waals surface area contributed by atoms with Crippen LogP contribution in [0.15, 0.2) is 17.0 Å². The molecule has 0 saturated heterocycles. The van der Waals surface area contributed by atoms with E-state index in [-0.39, 0.29) is 32.6 Å². The Labute approximate surface area is 158 Å². The van der Waals surface area contributed by atoms with E-state index in [2.05, 4.69) is 17.6 Å². The molecule has 0 amide bonds. The van der Waals surface area contributed by atoms with Gasteiger partial charge in [0.25, 0.3) is 0 Å². The summed E-state index contributed by atoms with van der Waals surface area (Å²) in [5.74, 6) is -0.618. The lowest BCUT2D eigenvalue weighted by Crippen LogP contribution is -2.02. The number of carbonyl (C=O) groups is 1. The fourth-order valence-electron chi connectivity index (χ4n) is 2.68. The maximum absolute atomic E-state index is 12.0. The third-order valence-corrected chi connectivity index (χ3v) is 5.54. The number of methoxy groups -OCH3 is 1. The number of nitrogen functional groups attached to an aromatic ring is 2. The van der Waals surface area contributed by atoms with Crippen molar-refractivity contribution in [1.82, 2.24) is 4.98 Å². The minimum Gasteiger partial charge on any atom is -0.506 e. The number of nitrogens with zero attached hydrogens (tertiary/aromatic N) is 2. The third kappa shape index (κ3) is 2.51. The molecule has 1 aromatic carbocycles. The molecule has 0 aliphatic carbocycles. The number of fused-ring (bicyclic) bond motifs is 1. The van der Waals surface area contributed by atoms with Crippen LogP contribution in [0.25, 0.3) is 21.3 Å². The number of rotatable bonds is 2. The maximum atomic E-state index is 12.0. The number of benzene rings is 1. The average molecular weight is 386 g/mol. The Bertz CT molecular complexity index is 1120. The van der Waals surface area contributed by atoms with Gasteiger partial charge in [-0.05, 0) is 12.5 Å². The van der Waals surface area contributed by atoms with Crippen molar-refractivity contribution >= 4 is 51.7 Å². The van der Waals surface area contributed by atoms with Crippen LogP contribution in [0.2, 0.25) is 0 Å². The summed E-state index contributed by atoms with van der Waals surface area (Å²) >= 11 is 5.41. The van der Waals surface area contributed by atoms with Crippen molar-refractivity contribution in [2.75, 3.05) is 18.6 Å². The number of ether oxygens (including phenoxy) is 1. The molecule has 0 saturated carbocycles. The summed E-state index contributed by atoms with van der Waals surface area (Å²) in [4.78, 5) is 17.0. The van der Waals surface area contributed by atoms with E-state index >= 15 is 0 Å². The Morgan fingerprint density at radius 2 is 2.12 bits per heavy atom. The summed E-state index contributed by atoms with van der Waals surface area (Å²) < 4.78 is 4.75. The lowest BCUT2D eigenvalue weighted by Gasteiger charge is -2.13. The highest BCUT2D eigenvalue weighted by Gasteiger charge is 2.26. The summed E-state index contributed by atoms with van der Waals surface area (Å²) in [6, 6.07) is 5.43. The van der Waals surface area contributed by atoms with Crippen molar-refractivity contribution in [3.63, 3.8) is 0 Å². The lowest BCUT2D eigenvalue weighted by atomic mass is 9.96. The van der Waals surface area contributed by atoms with E-state index in [9.17, 15) is 15.2 Å². The second-order valence-electron chi connectivity index (χ2n) is 5.50. The number of nitriles is 1. The topological polar surface area (TPSA) is 135 Å². The summed E-state index contributed by atoms with van der Waals surface area (Å²) in [5, 5.41) is 20.2. The van der Waals surface area contributed by atoms with Gasteiger partial charge in [0.2, 0.25) is 0 Å². The van der Waals surface area contributed by atoms with Crippen molar-refractivity contribution in [2.24, 2.45) is 0 Å². The largest absolute Gasteiger partial charge is 0.506 e. The van der Waals surface area contributed by atoms with Crippen molar-refractivity contribution in [3.8, 4) is 22.9 Å². The van der Waals surface area contributed by atoms with E-state index in [0.717, 1.165) is 11.3 Å². The van der Waals surface area contributed by atoms with Gasteiger partial charge in [0.1, 0.15) is 32.9 Å². The number of esters is 1. The first kappa shape index (κ1) is 17.8. The number of aromatic nitrogens is 1. The summed E-state index contributed by atoms with van der Waals surface area (Å²) in [6.45, 7) is 1.73. The molecule has 0 aliphatic heterocycles. The predicted octanol–water partition coefficient (Wildman–Crippen LogP) is 3.09. The van der Waals surface area contributed by atoms with Gasteiger partial charge < -0.3 is 21.3 Å². The Balaban J connectivity index is 2.51. The first-order valence-corrected chi connectivity index (χ1v) is 8.59. The minimum absolute atomic E-state index is 0.000430. The van der Waals surface area contributed by atoms with Gasteiger partial charge in [-0.15, -0.1) is 24.0 Å². The van der Waals surface area contributed by atoms with Crippen LogP contribution >= 0.6 is 24.0 Å². The van der Waals surface area contributed by atoms with Gasteiger partial charge >= 0.3 is 5.97 Å². The summed E-state index contributed by atoms with van der Waals surface area (Å²) in [7, 11) is 1.25. The molecule has 0 radical (unpaired) electrons. The number of hydrogen-bond donors (Lipinski definition) is 4. The highest BCUT2D eigenvalue weighted by atomic mass is 32.1. The zero-order valence-corrected chi connectivity index (χ0v) is 15.5. The number of thiol groups is 1. The van der Waals surface area contributed by atoms with Crippen LogP contribution in [-0.4, -0.2) is 23.2 Å². The standard InChI is InChI=1S/C17H14N4O3S2/c1-6-3-4-7(13(25)12(6)22)9-8(5-18)15(20)21-16-10(9)11(19)14(26-16)17(23)24-2/h3-4,22,25H,19H2,1-2H3,(H2,20,21). The highest BCUT2D eigenvalue weighted by molar-refractivity contribution is 7.80. The van der Waals surface area contributed by atoms with E-state index in [1.54, 1.807) is 19.1 Å². The molecule has 3 aromatic rings. The molecule has 5 N–H and O–H groups in total. The third-order valence-electron chi connectivity index (χ3n) is 4.01. The lowest BCUT2D eigenvalue weighted by molar-refractivity contribution is 0.0607. The summed E-state index contributed by atoms with van der Waals surface area (Å²) in [5.41, 5.74) is 13.8. The molecular weight excluding hydrogens is 372 g/mol. The zero-order valence-electron chi connectivity index (χ0n) is 13.8. The number of nitrogens with two attached hydrogens (primary N) is 2. The van der Waals surface area contributed by atoms with E-state index in [4.69, 9.17) is 16.2 Å². The second kappa shape index (κ2) is 6.40. The van der Waals surface area contributed by atoms with Gasteiger partial charge in [0, 0.05) is 16.5 Å². The van der Waals surface area contributed by atoms with Crippen LogP contribution in [0, 0.1) is 18.3 Å². The zero-order chi connectivity index (χ0) is 19.2. The van der Waals surface area contributed by atoms with Crippen molar-refractivity contribution in [2.45, 2.75) is 11.8 Å². The number of aromatic hydroxyl groups is 1. The van der Waals surface area contributed by atoms with Crippen LogP contribution in [0.1, 0.15) is 20.8 Å². The molecule has 0 bridgehead atoms. The number of hydrogen-bond acceptors (Lipinski definition) is 9. The smallest absolute Gasteiger partial charge is 0.350 e. The fraction of sp³-hybridized carbons (Fsp3) is 0.118. The van der Waals surface area contributed by atoms with Crippen molar-refractivity contribution in [1.29, 1.82) is 5.26 Å². The first-order chi connectivity index (χ1) is 12.3. The SMILES string of the molecule is COC(=O)c1sc2nc(N)c(C#N)c(-c3ccc(C)c(O)c3S)c2c1N. The molecular formula is C17H14N4O3S2.